The van der Waals surface area contributed by atoms with Crippen LogP contribution in [0, 0.1) is 17.8 Å². The molecule has 1 aromatic heterocycles. The van der Waals surface area contributed by atoms with Crippen molar-refractivity contribution in [3.05, 3.63) is 35.5 Å². The summed E-state index contributed by atoms with van der Waals surface area (Å²) in [4.78, 5) is 18.6. The first-order valence-electron chi connectivity index (χ1n) is 9.69. The average molecular weight is 354 g/mol. The number of H-pyrrole nitrogens is 1. The van der Waals surface area contributed by atoms with Gasteiger partial charge in [-0.15, -0.1) is 0 Å². The Morgan fingerprint density at radius 3 is 3.00 bits per heavy atom. The number of carbonyl (C=O) groups excluding carboxylic acids is 1. The summed E-state index contributed by atoms with van der Waals surface area (Å²) in [6, 6.07) is 8.79. The van der Waals surface area contributed by atoms with Gasteiger partial charge in [-0.1, -0.05) is 18.2 Å². The summed E-state index contributed by atoms with van der Waals surface area (Å²) in [7, 11) is 0. The van der Waals surface area contributed by atoms with Crippen molar-refractivity contribution < 1.29 is 9.90 Å². The monoisotopic (exact) mass is 354 g/mol. The third-order valence-corrected chi connectivity index (χ3v) is 6.99. The van der Waals surface area contributed by atoms with Crippen molar-refractivity contribution >= 4 is 16.8 Å². The van der Waals surface area contributed by atoms with Crippen molar-refractivity contribution in [2.75, 3.05) is 13.1 Å². The van der Waals surface area contributed by atoms with Crippen LogP contribution >= 0.6 is 0 Å². The summed E-state index contributed by atoms with van der Waals surface area (Å²) in [6.07, 6.45) is 3.07. The van der Waals surface area contributed by atoms with Gasteiger partial charge in [0.25, 0.3) is 0 Å². The minimum Gasteiger partial charge on any atom is -0.392 e. The number of amides is 1. The number of benzene rings is 1. The minimum atomic E-state index is -0.586. The molecule has 2 fully saturated rings. The summed E-state index contributed by atoms with van der Waals surface area (Å²) < 4.78 is 0. The van der Waals surface area contributed by atoms with Crippen LogP contribution in [0.4, 0.5) is 0 Å². The fourth-order valence-corrected chi connectivity index (χ4v) is 5.80. The van der Waals surface area contributed by atoms with Gasteiger partial charge >= 0.3 is 0 Å². The number of nitrogens with one attached hydrogen (secondary N) is 2. The maximum absolute atomic E-state index is 12.4. The second kappa shape index (κ2) is 6.08. The highest BCUT2D eigenvalue weighted by Gasteiger charge is 2.48. The maximum Gasteiger partial charge on any atom is 0.239 e. The second-order valence-electron chi connectivity index (χ2n) is 8.16. The SMILES string of the molecule is NNC(=O)C1C(O)CC[C@H]2CN3CCc4c([nH]c5ccccc45)[C@@H]3C[C@H]12. The van der Waals surface area contributed by atoms with E-state index in [1.54, 1.807) is 0 Å². The van der Waals surface area contributed by atoms with Crippen LogP contribution in [0.5, 0.6) is 0 Å². The predicted octanol–water partition coefficient (Wildman–Crippen LogP) is 1.46. The molecular weight excluding hydrogens is 328 g/mol. The van der Waals surface area contributed by atoms with E-state index in [4.69, 9.17) is 5.84 Å². The summed E-state index contributed by atoms with van der Waals surface area (Å²) >= 11 is 0. The van der Waals surface area contributed by atoms with Gasteiger partial charge in [0.2, 0.25) is 5.91 Å². The van der Waals surface area contributed by atoms with E-state index in [1.165, 1.54) is 22.2 Å². The normalized spacial score (nSPS) is 34.0. The zero-order chi connectivity index (χ0) is 17.8. The molecule has 1 aliphatic carbocycles. The number of para-hydroxylation sites is 1. The van der Waals surface area contributed by atoms with E-state index in [-0.39, 0.29) is 11.8 Å². The lowest BCUT2D eigenvalue weighted by atomic mass is 9.64. The molecule has 5 rings (SSSR count). The first-order chi connectivity index (χ1) is 12.7. The molecule has 26 heavy (non-hydrogen) atoms. The van der Waals surface area contributed by atoms with Crippen LogP contribution in [-0.4, -0.2) is 40.1 Å². The van der Waals surface area contributed by atoms with Gasteiger partial charge in [-0.25, -0.2) is 5.84 Å². The number of aliphatic hydroxyl groups is 1. The van der Waals surface area contributed by atoms with Gasteiger partial charge in [-0.3, -0.25) is 15.1 Å². The molecule has 2 aliphatic heterocycles. The molecule has 2 unspecified atom stereocenters. The predicted molar refractivity (Wildman–Crippen MR) is 99.0 cm³/mol. The number of hydrazine groups is 1. The lowest BCUT2D eigenvalue weighted by molar-refractivity contribution is -0.139. The molecular formula is C20H26N4O2. The highest BCUT2D eigenvalue weighted by Crippen LogP contribution is 2.49. The molecule has 3 aliphatic rings. The van der Waals surface area contributed by atoms with Crippen molar-refractivity contribution in [2.45, 2.75) is 37.8 Å². The minimum absolute atomic E-state index is 0.181. The van der Waals surface area contributed by atoms with Crippen LogP contribution in [0.25, 0.3) is 10.9 Å². The van der Waals surface area contributed by atoms with Crippen LogP contribution in [0.15, 0.2) is 24.3 Å². The Hall–Kier alpha value is -1.89. The lowest BCUT2D eigenvalue weighted by Crippen LogP contribution is -2.55. The quantitative estimate of drug-likeness (QED) is 0.354. The molecule has 1 aromatic carbocycles. The number of fused-ring (bicyclic) bond motifs is 6. The van der Waals surface area contributed by atoms with Crippen LogP contribution in [-0.2, 0) is 11.2 Å². The molecule has 2 aromatic rings. The van der Waals surface area contributed by atoms with Gasteiger partial charge in [0, 0.05) is 29.7 Å². The Morgan fingerprint density at radius 1 is 1.31 bits per heavy atom. The van der Waals surface area contributed by atoms with Crippen LogP contribution in [0.3, 0.4) is 0 Å². The Morgan fingerprint density at radius 2 is 2.15 bits per heavy atom. The van der Waals surface area contributed by atoms with E-state index in [0.717, 1.165) is 32.4 Å². The van der Waals surface area contributed by atoms with Crippen molar-refractivity contribution in [3.63, 3.8) is 0 Å². The molecule has 138 valence electrons. The van der Waals surface area contributed by atoms with Gasteiger partial charge in [0.05, 0.1) is 18.1 Å². The number of aromatic nitrogens is 1. The Balaban J connectivity index is 1.52. The molecule has 3 heterocycles. The fourth-order valence-electron chi connectivity index (χ4n) is 5.80. The molecule has 1 amide bonds. The zero-order valence-electron chi connectivity index (χ0n) is 14.8. The standard InChI is InChI=1S/C20H26N4O2/c21-23-20(26)18-14-9-16-19-13(12-3-1-2-4-15(12)22-19)7-8-24(16)10-11(14)5-6-17(18)25/h1-4,11,14,16-18,22,25H,5-10,21H2,(H,23,26)/t11-,14-,16-,17?,18?/m0/s1. The number of aromatic amines is 1. The summed E-state index contributed by atoms with van der Waals surface area (Å²) in [5, 5.41) is 11.8. The molecule has 5 atom stereocenters. The summed E-state index contributed by atoms with van der Waals surface area (Å²) in [6.45, 7) is 2.07. The molecule has 1 saturated carbocycles. The third-order valence-electron chi connectivity index (χ3n) is 6.99. The fraction of sp³-hybridized carbons (Fsp3) is 0.550. The number of nitrogens with zero attached hydrogens (tertiary/aromatic N) is 1. The molecule has 5 N–H and O–H groups in total. The number of piperidine rings is 1. The largest absolute Gasteiger partial charge is 0.392 e. The number of nitrogens with two attached hydrogens (primary N) is 1. The summed E-state index contributed by atoms with van der Waals surface area (Å²) in [5.74, 6) is 5.45. The molecule has 0 radical (unpaired) electrons. The molecule has 1 saturated heterocycles. The Labute approximate surface area is 152 Å². The lowest BCUT2D eigenvalue weighted by Gasteiger charge is -2.51. The van der Waals surface area contributed by atoms with Gasteiger partial charge in [-0.2, -0.15) is 0 Å². The highest BCUT2D eigenvalue weighted by atomic mass is 16.3. The van der Waals surface area contributed by atoms with E-state index in [2.05, 4.69) is 39.6 Å². The maximum atomic E-state index is 12.4. The van der Waals surface area contributed by atoms with Gasteiger partial charge in [0.15, 0.2) is 0 Å². The Bertz CT molecular complexity index is 847. The number of carbonyl (C=O) groups is 1. The number of hydrogen-bond donors (Lipinski definition) is 4. The van der Waals surface area contributed by atoms with Crippen LogP contribution < -0.4 is 11.3 Å². The van der Waals surface area contributed by atoms with Crippen molar-refractivity contribution in [3.8, 4) is 0 Å². The van der Waals surface area contributed by atoms with Crippen molar-refractivity contribution in [1.82, 2.24) is 15.3 Å². The third kappa shape index (κ3) is 2.32. The first kappa shape index (κ1) is 16.3. The van der Waals surface area contributed by atoms with Crippen molar-refractivity contribution in [2.24, 2.45) is 23.6 Å². The van der Waals surface area contributed by atoms with Gasteiger partial charge in [0.1, 0.15) is 0 Å². The van der Waals surface area contributed by atoms with E-state index in [0.29, 0.717) is 18.4 Å². The number of rotatable bonds is 1. The van der Waals surface area contributed by atoms with Gasteiger partial charge in [-0.05, 0) is 49.1 Å². The Kier molecular flexibility index (Phi) is 3.81. The average Bonchev–Trinajstić information content (AvgIpc) is 3.05. The van der Waals surface area contributed by atoms with E-state index in [1.807, 2.05) is 0 Å². The van der Waals surface area contributed by atoms with Crippen LogP contribution in [0.2, 0.25) is 0 Å². The van der Waals surface area contributed by atoms with Crippen molar-refractivity contribution in [1.29, 1.82) is 0 Å². The molecule has 0 bridgehead atoms. The molecule has 0 spiro atoms. The van der Waals surface area contributed by atoms with Crippen LogP contribution in [0.1, 0.15) is 36.6 Å². The second-order valence-corrected chi connectivity index (χ2v) is 8.16. The van der Waals surface area contributed by atoms with E-state index < -0.39 is 12.0 Å². The zero-order valence-corrected chi connectivity index (χ0v) is 14.8. The smallest absolute Gasteiger partial charge is 0.239 e. The topological polar surface area (TPSA) is 94.4 Å². The van der Waals surface area contributed by atoms with E-state index in [9.17, 15) is 9.90 Å². The number of hydrogen-bond acceptors (Lipinski definition) is 4. The number of aliphatic hydroxyl groups excluding tert-OH is 1. The van der Waals surface area contributed by atoms with E-state index >= 15 is 0 Å². The molecule has 6 heteroatoms. The molecule has 6 nitrogen and oxygen atoms in total. The van der Waals surface area contributed by atoms with Gasteiger partial charge < -0.3 is 10.1 Å². The summed E-state index contributed by atoms with van der Waals surface area (Å²) in [5.41, 5.74) is 6.22. The highest BCUT2D eigenvalue weighted by molar-refractivity contribution is 5.85. The first-order valence-corrected chi connectivity index (χ1v) is 9.69.